The number of unbranched alkanes of at least 4 members (excludes halogenated alkanes) is 1. The number of halogens is 1. The molecule has 0 radical (unpaired) electrons. The Hall–Kier alpha value is -4.00. The van der Waals surface area contributed by atoms with E-state index in [0.717, 1.165) is 36.9 Å². The second-order valence-electron chi connectivity index (χ2n) is 10.1. The first-order valence-corrected chi connectivity index (χ1v) is 13.1. The summed E-state index contributed by atoms with van der Waals surface area (Å²) in [5.41, 5.74) is 6.65. The summed E-state index contributed by atoms with van der Waals surface area (Å²) in [6, 6.07) is 19.2. The number of aliphatic imine (C=N–C) groups is 1. The van der Waals surface area contributed by atoms with Crippen LogP contribution < -0.4 is 10.2 Å². The number of nitrogens with one attached hydrogen (secondary N) is 1. The van der Waals surface area contributed by atoms with Gasteiger partial charge in [-0.15, -0.1) is 0 Å². The lowest BCUT2D eigenvalue weighted by atomic mass is 9.93. The molecular formula is C31H32FN3O3. The Morgan fingerprint density at radius 2 is 1.92 bits per heavy atom. The highest BCUT2D eigenvalue weighted by atomic mass is 19.1. The molecule has 0 aliphatic carbocycles. The maximum Gasteiger partial charge on any atom is 0.414 e. The largest absolute Gasteiger partial charge is 0.442 e. The molecule has 1 N–H and O–H groups in total. The smallest absolute Gasteiger partial charge is 0.414 e. The first kappa shape index (κ1) is 25.6. The lowest BCUT2D eigenvalue weighted by molar-refractivity contribution is -0.119. The second-order valence-corrected chi connectivity index (χ2v) is 10.1. The Labute approximate surface area is 222 Å². The van der Waals surface area contributed by atoms with E-state index in [1.165, 1.54) is 34.6 Å². The Morgan fingerprint density at radius 1 is 1.11 bits per heavy atom. The van der Waals surface area contributed by atoms with Gasteiger partial charge >= 0.3 is 6.09 Å². The minimum absolute atomic E-state index is 0.193. The third kappa shape index (κ3) is 5.77. The van der Waals surface area contributed by atoms with Crippen LogP contribution in [0.4, 0.5) is 20.6 Å². The zero-order valence-corrected chi connectivity index (χ0v) is 21.7. The highest BCUT2D eigenvalue weighted by Crippen LogP contribution is 2.36. The van der Waals surface area contributed by atoms with Crippen LogP contribution >= 0.6 is 0 Å². The summed E-state index contributed by atoms with van der Waals surface area (Å²) in [5.74, 6) is -0.188. The third-order valence-electron chi connectivity index (χ3n) is 7.19. The van der Waals surface area contributed by atoms with E-state index in [-0.39, 0.29) is 19.0 Å². The number of aryl methyl sites for hydroxylation is 2. The highest BCUT2D eigenvalue weighted by Gasteiger charge is 2.32. The number of anilines is 1. The van der Waals surface area contributed by atoms with Crippen LogP contribution in [-0.2, 0) is 16.0 Å². The van der Waals surface area contributed by atoms with Crippen molar-refractivity contribution in [3.05, 3.63) is 83.2 Å². The molecule has 0 saturated carbocycles. The van der Waals surface area contributed by atoms with Gasteiger partial charge in [0, 0.05) is 24.6 Å². The van der Waals surface area contributed by atoms with Gasteiger partial charge in [0.15, 0.2) is 0 Å². The first-order valence-electron chi connectivity index (χ1n) is 13.1. The van der Waals surface area contributed by atoms with Gasteiger partial charge in [0.1, 0.15) is 11.9 Å². The molecule has 2 atom stereocenters. The van der Waals surface area contributed by atoms with E-state index in [1.54, 1.807) is 12.1 Å². The van der Waals surface area contributed by atoms with Gasteiger partial charge in [-0.3, -0.25) is 14.7 Å². The Morgan fingerprint density at radius 3 is 2.68 bits per heavy atom. The summed E-state index contributed by atoms with van der Waals surface area (Å²) >= 11 is 0. The molecule has 2 aliphatic rings. The van der Waals surface area contributed by atoms with E-state index < -0.39 is 18.0 Å². The van der Waals surface area contributed by atoms with Crippen LogP contribution in [-0.4, -0.2) is 37.4 Å². The highest BCUT2D eigenvalue weighted by molar-refractivity contribution is 5.90. The first-order chi connectivity index (χ1) is 18.4. The number of nitrogens with zero attached hydrogens (tertiary/aromatic N) is 2. The van der Waals surface area contributed by atoms with Crippen molar-refractivity contribution in [1.82, 2.24) is 5.32 Å². The van der Waals surface area contributed by atoms with Crippen LogP contribution in [0.2, 0.25) is 0 Å². The number of fused-ring (bicyclic) bond motifs is 1. The molecule has 0 bridgehead atoms. The molecule has 2 heterocycles. The number of carbonyl (C=O) groups is 2. The van der Waals surface area contributed by atoms with E-state index >= 15 is 4.39 Å². The van der Waals surface area contributed by atoms with Crippen molar-refractivity contribution >= 4 is 29.6 Å². The van der Waals surface area contributed by atoms with E-state index in [4.69, 9.17) is 4.74 Å². The van der Waals surface area contributed by atoms with Crippen molar-refractivity contribution in [1.29, 1.82) is 0 Å². The van der Waals surface area contributed by atoms with Gasteiger partial charge in [0.25, 0.3) is 0 Å². The fourth-order valence-electron chi connectivity index (χ4n) is 5.12. The SMILES string of the molecule is CC(=O)NC[C@H]1CN(c2ccc(-c3ccc(CCCCC4C=Nc5ccc(C)cc54)cc3)c(F)c2)C(=O)O1. The average molecular weight is 514 g/mol. The van der Waals surface area contributed by atoms with Crippen molar-refractivity contribution < 1.29 is 18.7 Å². The topological polar surface area (TPSA) is 71.0 Å². The molecule has 0 spiro atoms. The Balaban J connectivity index is 1.14. The molecule has 2 aliphatic heterocycles. The van der Waals surface area contributed by atoms with E-state index in [1.807, 2.05) is 12.1 Å². The molecule has 1 saturated heterocycles. The van der Waals surface area contributed by atoms with Crippen molar-refractivity contribution in [3.63, 3.8) is 0 Å². The number of benzene rings is 3. The van der Waals surface area contributed by atoms with Crippen molar-refractivity contribution in [2.75, 3.05) is 18.0 Å². The van der Waals surface area contributed by atoms with Gasteiger partial charge in [-0.05, 0) is 67.1 Å². The van der Waals surface area contributed by atoms with Crippen LogP contribution in [0, 0.1) is 12.7 Å². The van der Waals surface area contributed by atoms with Gasteiger partial charge in [-0.2, -0.15) is 0 Å². The standard InChI is InChI=1S/C31H32FN3O3/c1-20-7-14-30-28(15-20)24(17-34-30)6-4-3-5-22-8-10-23(11-9-22)27-13-12-25(16-29(27)32)35-19-26(38-31(35)37)18-33-21(2)36/h7-17,24,26H,3-6,18-19H2,1-2H3,(H,33,36)/t24?,26-/m0/s1. The molecular weight excluding hydrogens is 481 g/mol. The predicted octanol–water partition coefficient (Wildman–Crippen LogP) is 6.47. The molecule has 38 heavy (non-hydrogen) atoms. The fraction of sp³-hybridized carbons (Fsp3) is 0.323. The number of carbonyl (C=O) groups excluding carboxylic acids is 2. The zero-order valence-electron chi connectivity index (χ0n) is 21.7. The Bertz CT molecular complexity index is 1370. The lowest BCUT2D eigenvalue weighted by Gasteiger charge is -2.15. The summed E-state index contributed by atoms with van der Waals surface area (Å²) < 4.78 is 20.3. The quantitative estimate of drug-likeness (QED) is 0.333. The maximum absolute atomic E-state index is 15.0. The van der Waals surface area contributed by atoms with Gasteiger partial charge < -0.3 is 10.1 Å². The average Bonchev–Trinajstić information content (AvgIpc) is 3.48. The molecule has 3 aromatic carbocycles. The summed E-state index contributed by atoms with van der Waals surface area (Å²) in [4.78, 5) is 29.3. The number of amides is 2. The molecule has 0 aromatic heterocycles. The van der Waals surface area contributed by atoms with Crippen molar-refractivity contribution in [2.24, 2.45) is 4.99 Å². The van der Waals surface area contributed by atoms with E-state index in [9.17, 15) is 9.59 Å². The molecule has 6 nitrogen and oxygen atoms in total. The number of hydrogen-bond donors (Lipinski definition) is 1. The molecule has 3 aromatic rings. The summed E-state index contributed by atoms with van der Waals surface area (Å²) in [7, 11) is 0. The monoisotopic (exact) mass is 513 g/mol. The van der Waals surface area contributed by atoms with Gasteiger partial charge in [0.2, 0.25) is 5.91 Å². The van der Waals surface area contributed by atoms with Crippen LogP contribution in [0.1, 0.15) is 48.8 Å². The number of hydrogen-bond acceptors (Lipinski definition) is 4. The molecule has 196 valence electrons. The molecule has 1 unspecified atom stereocenters. The second kappa shape index (κ2) is 11.2. The van der Waals surface area contributed by atoms with Crippen molar-refractivity contribution in [3.8, 4) is 11.1 Å². The van der Waals surface area contributed by atoms with Crippen LogP contribution in [0.5, 0.6) is 0 Å². The van der Waals surface area contributed by atoms with Crippen LogP contribution in [0.3, 0.4) is 0 Å². The minimum atomic E-state index is -0.545. The molecule has 2 amide bonds. The van der Waals surface area contributed by atoms with Gasteiger partial charge in [-0.25, -0.2) is 9.18 Å². The summed E-state index contributed by atoms with van der Waals surface area (Å²) in [6.45, 7) is 4.01. The van der Waals surface area contributed by atoms with Crippen LogP contribution in [0.15, 0.2) is 65.7 Å². The Kier molecular flexibility index (Phi) is 7.54. The molecule has 7 heteroatoms. The predicted molar refractivity (Wildman–Crippen MR) is 148 cm³/mol. The minimum Gasteiger partial charge on any atom is -0.442 e. The number of rotatable bonds is 9. The van der Waals surface area contributed by atoms with E-state index in [0.29, 0.717) is 17.2 Å². The summed E-state index contributed by atoms with van der Waals surface area (Å²) in [5, 5.41) is 2.64. The third-order valence-corrected chi connectivity index (χ3v) is 7.19. The summed E-state index contributed by atoms with van der Waals surface area (Å²) in [6.07, 6.45) is 5.34. The number of cyclic esters (lactones) is 1. The van der Waals surface area contributed by atoms with E-state index in [2.05, 4.69) is 53.8 Å². The van der Waals surface area contributed by atoms with Gasteiger partial charge in [-0.1, -0.05) is 48.4 Å². The zero-order chi connectivity index (χ0) is 26.6. The maximum atomic E-state index is 15.0. The molecule has 5 rings (SSSR count). The fourth-order valence-corrected chi connectivity index (χ4v) is 5.12. The van der Waals surface area contributed by atoms with Gasteiger partial charge in [0.05, 0.1) is 24.5 Å². The normalized spacial score (nSPS) is 18.0. The number of ether oxygens (including phenoxy) is 1. The van der Waals surface area contributed by atoms with Crippen molar-refractivity contribution in [2.45, 2.75) is 51.6 Å². The van der Waals surface area contributed by atoms with Crippen LogP contribution in [0.25, 0.3) is 11.1 Å². The lowest BCUT2D eigenvalue weighted by Crippen LogP contribution is -2.33. The molecule has 1 fully saturated rings.